The minimum atomic E-state index is -0.946. The van der Waals surface area contributed by atoms with Gasteiger partial charge in [0.2, 0.25) is 0 Å². The largest absolute Gasteiger partial charge is 0.489 e. The van der Waals surface area contributed by atoms with Gasteiger partial charge in [0.25, 0.3) is 0 Å². The molecule has 2 fully saturated rings. The van der Waals surface area contributed by atoms with Crippen LogP contribution in [0, 0.1) is 24.0 Å². The predicted octanol–water partition coefficient (Wildman–Crippen LogP) is 6.29. The fourth-order valence-electron chi connectivity index (χ4n) is 7.43. The second kappa shape index (κ2) is 11.2. The van der Waals surface area contributed by atoms with E-state index in [1.54, 1.807) is 24.3 Å². The van der Waals surface area contributed by atoms with Crippen LogP contribution >= 0.6 is 11.6 Å². The normalized spacial score (nSPS) is 23.6. The molecule has 0 spiro atoms. The van der Waals surface area contributed by atoms with Gasteiger partial charge in [-0.25, -0.2) is 13.2 Å². The first-order chi connectivity index (χ1) is 21.7. The van der Waals surface area contributed by atoms with Crippen LogP contribution in [0.4, 0.5) is 19.0 Å². The number of hydrogen-bond donors (Lipinski definition) is 1. The molecule has 0 bridgehead atoms. The van der Waals surface area contributed by atoms with Crippen molar-refractivity contribution in [1.29, 1.82) is 0 Å². The highest BCUT2D eigenvalue weighted by molar-refractivity contribution is 6.37. The second-order valence-corrected chi connectivity index (χ2v) is 12.7. The Morgan fingerprint density at radius 3 is 2.84 bits per heavy atom. The van der Waals surface area contributed by atoms with Crippen molar-refractivity contribution in [3.63, 3.8) is 0 Å². The molecule has 7 nitrogen and oxygen atoms in total. The molecule has 11 heteroatoms. The standard InChI is InChI=1S/C34H32ClF3N4O3/c1-4-22-24(37)10-9-20-7-5-8-23(25(20)22)26-28(35)31-27-30(29(26)38)39-33(40-32(27)42(18(2)15-43)19(3)16-44-31)45-17-34-11-6-12-41(34)14-21(36)13-34/h1,5,7-10,18-19,21,43H,6,11-17H2,2-3H3/t18-,19-,21+,34-/m0/s1. The lowest BCUT2D eigenvalue weighted by molar-refractivity contribution is 0.107. The summed E-state index contributed by atoms with van der Waals surface area (Å²) >= 11 is 7.01. The highest BCUT2D eigenvalue weighted by Crippen LogP contribution is 2.50. The first kappa shape index (κ1) is 29.9. The Morgan fingerprint density at radius 2 is 2.07 bits per heavy atom. The molecule has 234 valence electrons. The van der Waals surface area contributed by atoms with Crippen LogP contribution in [0.15, 0.2) is 30.3 Å². The molecule has 3 aromatic carbocycles. The Balaban J connectivity index is 1.47. The van der Waals surface area contributed by atoms with Crippen molar-refractivity contribution in [2.45, 2.75) is 56.9 Å². The Labute approximate surface area is 263 Å². The summed E-state index contributed by atoms with van der Waals surface area (Å²) < 4.78 is 58.9. The second-order valence-electron chi connectivity index (χ2n) is 12.3. The monoisotopic (exact) mass is 636 g/mol. The molecule has 2 saturated heterocycles. The number of ether oxygens (including phenoxy) is 2. The lowest BCUT2D eigenvalue weighted by Crippen LogP contribution is -2.45. The maximum Gasteiger partial charge on any atom is 0.319 e. The number of aliphatic hydroxyl groups excluding tert-OH is 1. The first-order valence-electron chi connectivity index (χ1n) is 15.1. The Bertz CT molecular complexity index is 1880. The number of aromatic nitrogens is 2. The number of rotatable bonds is 6. The zero-order valence-electron chi connectivity index (χ0n) is 24.9. The highest BCUT2D eigenvalue weighted by Gasteiger charge is 2.49. The van der Waals surface area contributed by atoms with Crippen molar-refractivity contribution in [3.05, 3.63) is 52.6 Å². The Kier molecular flexibility index (Phi) is 7.46. The van der Waals surface area contributed by atoms with Gasteiger partial charge in [-0.1, -0.05) is 41.8 Å². The summed E-state index contributed by atoms with van der Waals surface area (Å²) in [5.74, 6) is 1.47. The number of terminal acetylenes is 1. The molecular formula is C34H32ClF3N4O3. The van der Waals surface area contributed by atoms with E-state index in [0.717, 1.165) is 19.4 Å². The number of halogens is 4. The number of hydrogen-bond acceptors (Lipinski definition) is 7. The van der Waals surface area contributed by atoms with Crippen LogP contribution in [0.1, 0.15) is 38.7 Å². The number of aliphatic hydroxyl groups is 1. The van der Waals surface area contributed by atoms with Gasteiger partial charge in [-0.2, -0.15) is 9.97 Å². The molecule has 4 aromatic rings. The minimum absolute atomic E-state index is 0.0162. The molecule has 1 aromatic heterocycles. The fraction of sp³-hybridized carbons (Fsp3) is 0.412. The van der Waals surface area contributed by atoms with Gasteiger partial charge in [-0.3, -0.25) is 4.90 Å². The van der Waals surface area contributed by atoms with Crippen LogP contribution in [0.2, 0.25) is 5.02 Å². The van der Waals surface area contributed by atoms with Crippen molar-refractivity contribution in [3.8, 4) is 35.2 Å². The van der Waals surface area contributed by atoms with Crippen molar-refractivity contribution in [2.75, 3.05) is 37.8 Å². The number of benzene rings is 3. The zero-order chi connectivity index (χ0) is 31.6. The summed E-state index contributed by atoms with van der Waals surface area (Å²) in [4.78, 5) is 13.3. The first-order valence-corrected chi connectivity index (χ1v) is 15.5. The number of alkyl halides is 1. The SMILES string of the molecule is C#Cc1c(F)ccc2cccc(-c3c(Cl)c4c5c(nc(OC[C@@]67CCCN6C[C@H](F)C7)nc5c3F)N([C@@H](C)CO)[C@@H](C)CO4)c12. The van der Waals surface area contributed by atoms with Crippen LogP contribution in [0.25, 0.3) is 32.8 Å². The average Bonchev–Trinajstić information content (AvgIpc) is 3.50. The van der Waals surface area contributed by atoms with Gasteiger partial charge >= 0.3 is 6.01 Å². The van der Waals surface area contributed by atoms with E-state index >= 15 is 4.39 Å². The molecule has 45 heavy (non-hydrogen) atoms. The maximum atomic E-state index is 17.1. The molecular weight excluding hydrogens is 605 g/mol. The number of anilines is 1. The lowest BCUT2D eigenvalue weighted by Gasteiger charge is -2.34. The number of fused-ring (bicyclic) bond motifs is 2. The van der Waals surface area contributed by atoms with E-state index in [0.29, 0.717) is 29.6 Å². The van der Waals surface area contributed by atoms with E-state index in [4.69, 9.17) is 32.5 Å². The van der Waals surface area contributed by atoms with E-state index in [9.17, 15) is 13.9 Å². The van der Waals surface area contributed by atoms with Gasteiger partial charge in [0, 0.05) is 23.9 Å². The molecule has 0 amide bonds. The molecule has 0 saturated carbocycles. The molecule has 0 radical (unpaired) electrons. The van der Waals surface area contributed by atoms with Gasteiger partial charge in [0.05, 0.1) is 40.2 Å². The summed E-state index contributed by atoms with van der Waals surface area (Å²) in [7, 11) is 0. The van der Waals surface area contributed by atoms with Crippen molar-refractivity contribution in [1.82, 2.24) is 14.9 Å². The fourth-order valence-corrected chi connectivity index (χ4v) is 7.77. The smallest absolute Gasteiger partial charge is 0.319 e. The van der Waals surface area contributed by atoms with E-state index in [-0.39, 0.29) is 70.2 Å². The molecule has 4 heterocycles. The average molecular weight is 637 g/mol. The van der Waals surface area contributed by atoms with Crippen LogP contribution < -0.4 is 14.4 Å². The third-order valence-electron chi connectivity index (χ3n) is 9.51. The third kappa shape index (κ3) is 4.67. The summed E-state index contributed by atoms with van der Waals surface area (Å²) in [5, 5.41) is 11.3. The van der Waals surface area contributed by atoms with Gasteiger partial charge < -0.3 is 19.5 Å². The zero-order valence-corrected chi connectivity index (χ0v) is 25.7. The molecule has 1 N–H and O–H groups in total. The van der Waals surface area contributed by atoms with Crippen molar-refractivity contribution < 1.29 is 27.8 Å². The van der Waals surface area contributed by atoms with E-state index in [1.807, 2.05) is 18.7 Å². The molecule has 3 aliphatic heterocycles. The van der Waals surface area contributed by atoms with Crippen molar-refractivity contribution >= 4 is 39.1 Å². The van der Waals surface area contributed by atoms with Gasteiger partial charge in [-0.15, -0.1) is 6.42 Å². The van der Waals surface area contributed by atoms with E-state index in [2.05, 4.69) is 15.8 Å². The van der Waals surface area contributed by atoms with Crippen LogP contribution in [0.5, 0.6) is 11.8 Å². The van der Waals surface area contributed by atoms with E-state index in [1.165, 1.54) is 6.07 Å². The quantitative estimate of drug-likeness (QED) is 0.250. The van der Waals surface area contributed by atoms with Gasteiger partial charge in [0.1, 0.15) is 36.5 Å². The molecule has 4 atom stereocenters. The third-order valence-corrected chi connectivity index (χ3v) is 9.87. The van der Waals surface area contributed by atoms with Gasteiger partial charge in [-0.05, 0) is 50.2 Å². The topological polar surface area (TPSA) is 71.0 Å². The van der Waals surface area contributed by atoms with Gasteiger partial charge in [0.15, 0.2) is 11.6 Å². The maximum absolute atomic E-state index is 17.1. The lowest BCUT2D eigenvalue weighted by atomic mass is 9.93. The van der Waals surface area contributed by atoms with Crippen molar-refractivity contribution in [2.24, 2.45) is 0 Å². The summed E-state index contributed by atoms with van der Waals surface area (Å²) in [6.07, 6.45) is 6.84. The Hall–Kier alpha value is -3.78. The Morgan fingerprint density at radius 1 is 1.24 bits per heavy atom. The summed E-state index contributed by atoms with van der Waals surface area (Å²) in [6, 6.07) is 7.14. The van der Waals surface area contributed by atoms with Crippen LogP contribution in [0.3, 0.4) is 0 Å². The van der Waals surface area contributed by atoms with Crippen LogP contribution in [-0.2, 0) is 0 Å². The molecule has 0 unspecified atom stereocenters. The van der Waals surface area contributed by atoms with E-state index < -0.39 is 29.4 Å². The molecule has 0 aliphatic carbocycles. The minimum Gasteiger partial charge on any atom is -0.489 e. The highest BCUT2D eigenvalue weighted by atomic mass is 35.5. The molecule has 7 rings (SSSR count). The molecule has 3 aliphatic rings. The summed E-state index contributed by atoms with van der Waals surface area (Å²) in [6.45, 7) is 4.95. The number of nitrogens with zero attached hydrogens (tertiary/aromatic N) is 4. The van der Waals surface area contributed by atoms with Crippen LogP contribution in [-0.4, -0.2) is 76.7 Å². The predicted molar refractivity (Wildman–Crippen MR) is 168 cm³/mol. The summed E-state index contributed by atoms with van der Waals surface area (Å²) in [5.41, 5.74) is -0.369.